The second-order valence-corrected chi connectivity index (χ2v) is 9.89. The van der Waals surface area contributed by atoms with Crippen LogP contribution in [0.3, 0.4) is 0 Å². The largest absolute Gasteiger partial charge is 0.464 e. The number of rotatable bonds is 6. The highest BCUT2D eigenvalue weighted by Crippen LogP contribution is 2.39. The number of hydrogen-bond acceptors (Lipinski definition) is 7. The molecule has 0 bridgehead atoms. The summed E-state index contributed by atoms with van der Waals surface area (Å²) in [5.74, 6) is -2.43. The number of ether oxygens (including phenoxy) is 2. The Balaban J connectivity index is 1.45. The van der Waals surface area contributed by atoms with Crippen LogP contribution in [-0.2, 0) is 4.74 Å². The number of benzene rings is 2. The van der Waals surface area contributed by atoms with Crippen molar-refractivity contribution in [3.63, 3.8) is 0 Å². The number of aliphatic hydroxyl groups excluding tert-OH is 1. The fourth-order valence-electron chi connectivity index (χ4n) is 4.15. The van der Waals surface area contributed by atoms with Gasteiger partial charge in [0, 0.05) is 60.9 Å². The average molecular weight is 536 g/mol. The van der Waals surface area contributed by atoms with Gasteiger partial charge >= 0.3 is 0 Å². The van der Waals surface area contributed by atoms with Crippen molar-refractivity contribution < 1.29 is 28.2 Å². The Bertz CT molecular complexity index is 1560. The lowest BCUT2D eigenvalue weighted by atomic mass is 9.93. The number of nitrogens with one attached hydrogen (secondary N) is 2. The summed E-state index contributed by atoms with van der Waals surface area (Å²) in [4.78, 5) is 25.5. The Labute approximate surface area is 223 Å². The maximum absolute atomic E-state index is 15.1. The van der Waals surface area contributed by atoms with Gasteiger partial charge in [0.2, 0.25) is 0 Å². The van der Waals surface area contributed by atoms with Gasteiger partial charge < -0.3 is 29.8 Å². The topological polar surface area (TPSA) is 112 Å². The van der Waals surface area contributed by atoms with Crippen molar-refractivity contribution in [1.82, 2.24) is 14.9 Å². The summed E-state index contributed by atoms with van der Waals surface area (Å²) in [5.41, 5.74) is 1.89. The van der Waals surface area contributed by atoms with Crippen molar-refractivity contribution in [2.45, 2.75) is 6.92 Å². The number of halogens is 2. The number of amides is 1. The molecule has 3 heterocycles. The summed E-state index contributed by atoms with van der Waals surface area (Å²) in [7, 11) is 3.34. The van der Waals surface area contributed by atoms with Gasteiger partial charge in [0.25, 0.3) is 11.9 Å². The molecule has 1 atom stereocenters. The molecule has 39 heavy (non-hydrogen) atoms. The van der Waals surface area contributed by atoms with Crippen molar-refractivity contribution in [2.75, 3.05) is 39.2 Å². The van der Waals surface area contributed by atoms with E-state index in [1.54, 1.807) is 38.5 Å². The minimum Gasteiger partial charge on any atom is -0.464 e. The predicted octanol–water partition coefficient (Wildman–Crippen LogP) is 4.80. The quantitative estimate of drug-likeness (QED) is 0.327. The second-order valence-electron chi connectivity index (χ2n) is 9.89. The molecule has 0 saturated carbocycles. The van der Waals surface area contributed by atoms with E-state index in [1.165, 1.54) is 17.2 Å². The van der Waals surface area contributed by atoms with Gasteiger partial charge in [0.1, 0.15) is 18.0 Å². The highest BCUT2D eigenvalue weighted by Gasteiger charge is 2.29. The molecule has 1 amide bonds. The number of H-pyrrole nitrogens is 1. The average Bonchev–Trinajstić information content (AvgIpc) is 3.37. The first-order valence-corrected chi connectivity index (χ1v) is 12.2. The zero-order valence-corrected chi connectivity index (χ0v) is 21.6. The number of fused-ring (bicyclic) bond motifs is 1. The van der Waals surface area contributed by atoms with E-state index in [-0.39, 0.29) is 36.6 Å². The number of aliphatic imine (C=N–C) groups is 1. The lowest BCUT2D eigenvalue weighted by Gasteiger charge is -2.30. The molecule has 0 saturated heterocycles. The molecule has 1 aliphatic heterocycles. The fraction of sp³-hybridized carbons (Fsp3) is 0.250. The minimum atomic E-state index is -0.935. The molecule has 202 valence electrons. The van der Waals surface area contributed by atoms with E-state index < -0.39 is 22.8 Å². The smallest absolute Gasteiger partial charge is 0.289 e. The summed E-state index contributed by atoms with van der Waals surface area (Å²) in [6.45, 7) is 2.25. The Morgan fingerprint density at radius 1 is 1.23 bits per heavy atom. The number of carbonyl (C=O) groups excluding carboxylic acids is 1. The fourth-order valence-corrected chi connectivity index (χ4v) is 4.15. The van der Waals surface area contributed by atoms with E-state index in [2.05, 4.69) is 20.3 Å². The van der Waals surface area contributed by atoms with Crippen molar-refractivity contribution >= 4 is 28.6 Å². The third kappa shape index (κ3) is 5.26. The SMILES string of the molecule is CN(C)C(=O)c1cccc(-c2c[nH]c3nccc(Oc4c(F)cc(NC5=NCC(C)(CO)CO5)cc4F)c23)c1. The molecule has 0 spiro atoms. The first kappa shape index (κ1) is 26.1. The van der Waals surface area contributed by atoms with Crippen LogP contribution in [0.5, 0.6) is 11.5 Å². The van der Waals surface area contributed by atoms with E-state index in [0.29, 0.717) is 34.3 Å². The number of nitrogens with zero attached hydrogens (tertiary/aromatic N) is 3. The van der Waals surface area contributed by atoms with Crippen LogP contribution in [0.1, 0.15) is 17.3 Å². The number of aromatic nitrogens is 2. The molecule has 0 fully saturated rings. The van der Waals surface area contributed by atoms with Crippen molar-refractivity contribution in [3.8, 4) is 22.6 Å². The van der Waals surface area contributed by atoms with Crippen LogP contribution >= 0.6 is 0 Å². The van der Waals surface area contributed by atoms with Gasteiger partial charge in [-0.1, -0.05) is 19.1 Å². The number of carbonyl (C=O) groups is 1. The zero-order chi connectivity index (χ0) is 27.7. The Morgan fingerprint density at radius 2 is 2.00 bits per heavy atom. The van der Waals surface area contributed by atoms with Gasteiger partial charge in [-0.2, -0.15) is 0 Å². The molecule has 4 aromatic rings. The number of aliphatic hydroxyl groups is 1. The normalized spacial score (nSPS) is 16.9. The van der Waals surface area contributed by atoms with Crippen LogP contribution in [0, 0.1) is 17.0 Å². The van der Waals surface area contributed by atoms with Gasteiger partial charge in [-0.15, -0.1) is 0 Å². The molecular weight excluding hydrogens is 508 g/mol. The maximum atomic E-state index is 15.1. The Kier molecular flexibility index (Phi) is 6.92. The van der Waals surface area contributed by atoms with E-state index in [9.17, 15) is 9.90 Å². The molecule has 5 rings (SSSR count). The highest BCUT2D eigenvalue weighted by atomic mass is 19.1. The number of pyridine rings is 1. The van der Waals surface area contributed by atoms with Crippen molar-refractivity contribution in [2.24, 2.45) is 10.4 Å². The lowest BCUT2D eigenvalue weighted by Crippen LogP contribution is -2.38. The molecule has 2 aromatic heterocycles. The van der Waals surface area contributed by atoms with Crippen LogP contribution in [0.2, 0.25) is 0 Å². The first-order valence-electron chi connectivity index (χ1n) is 12.2. The first-order chi connectivity index (χ1) is 18.7. The Morgan fingerprint density at radius 3 is 2.67 bits per heavy atom. The number of amidine groups is 1. The minimum absolute atomic E-state index is 0.0910. The number of anilines is 1. The van der Waals surface area contributed by atoms with Gasteiger partial charge in [0.05, 0.1) is 18.5 Å². The molecule has 1 aliphatic rings. The van der Waals surface area contributed by atoms with E-state index in [0.717, 1.165) is 12.1 Å². The molecule has 9 nitrogen and oxygen atoms in total. The monoisotopic (exact) mass is 535 g/mol. The molecule has 3 N–H and O–H groups in total. The zero-order valence-electron chi connectivity index (χ0n) is 21.6. The predicted molar refractivity (Wildman–Crippen MR) is 143 cm³/mol. The summed E-state index contributed by atoms with van der Waals surface area (Å²) >= 11 is 0. The molecule has 11 heteroatoms. The van der Waals surface area contributed by atoms with Crippen LogP contribution in [0.4, 0.5) is 14.5 Å². The van der Waals surface area contributed by atoms with Crippen LogP contribution in [-0.4, -0.2) is 65.8 Å². The number of aromatic amines is 1. The van der Waals surface area contributed by atoms with E-state index >= 15 is 8.78 Å². The molecule has 2 aromatic carbocycles. The van der Waals surface area contributed by atoms with E-state index in [1.807, 2.05) is 13.0 Å². The van der Waals surface area contributed by atoms with E-state index in [4.69, 9.17) is 9.47 Å². The summed E-state index contributed by atoms with van der Waals surface area (Å²) in [6.07, 6.45) is 3.17. The summed E-state index contributed by atoms with van der Waals surface area (Å²) < 4.78 is 41.5. The number of hydrogen-bond donors (Lipinski definition) is 3. The van der Waals surface area contributed by atoms with Gasteiger partial charge in [-0.05, 0) is 23.8 Å². The van der Waals surface area contributed by atoms with Crippen LogP contribution in [0.25, 0.3) is 22.2 Å². The summed E-state index contributed by atoms with van der Waals surface area (Å²) in [6, 6.07) is 10.8. The van der Waals surface area contributed by atoms with Gasteiger partial charge in [-0.3, -0.25) is 4.79 Å². The lowest BCUT2D eigenvalue weighted by molar-refractivity contribution is 0.0706. The highest BCUT2D eigenvalue weighted by molar-refractivity contribution is 6.00. The third-order valence-corrected chi connectivity index (χ3v) is 6.37. The molecule has 1 unspecified atom stereocenters. The second kappa shape index (κ2) is 10.3. The third-order valence-electron chi connectivity index (χ3n) is 6.37. The Hall–Kier alpha value is -4.51. The van der Waals surface area contributed by atoms with Crippen LogP contribution < -0.4 is 10.1 Å². The van der Waals surface area contributed by atoms with Crippen molar-refractivity contribution in [1.29, 1.82) is 0 Å². The molecule has 0 radical (unpaired) electrons. The van der Waals surface area contributed by atoms with Crippen LogP contribution in [0.15, 0.2) is 59.9 Å². The van der Waals surface area contributed by atoms with Crippen molar-refractivity contribution in [3.05, 3.63) is 72.1 Å². The van der Waals surface area contributed by atoms with Gasteiger partial charge in [0.15, 0.2) is 17.4 Å². The molecule has 0 aliphatic carbocycles. The summed E-state index contributed by atoms with van der Waals surface area (Å²) in [5, 5.41) is 12.7. The standard InChI is InChI=1S/C28H27F2N5O4/c1-28(14-36)13-33-27(38-15-28)34-18-10-20(29)24(21(30)11-18)39-22-7-8-31-25-23(22)19(12-32-25)16-5-4-6-17(9-16)26(37)35(2)3/h4-12,36H,13-15H2,1-3H3,(H,31,32)(H,33,34). The molecular formula is C28H27F2N5O4. The maximum Gasteiger partial charge on any atom is 0.289 e. The van der Waals surface area contributed by atoms with Gasteiger partial charge in [-0.25, -0.2) is 18.8 Å².